The lowest BCUT2D eigenvalue weighted by atomic mass is 10.1. The van der Waals surface area contributed by atoms with Crippen LogP contribution >= 0.6 is 0 Å². The van der Waals surface area contributed by atoms with Crippen molar-refractivity contribution < 1.29 is 14.6 Å². The average molecular weight is 203 g/mol. The minimum atomic E-state index is -0.505. The van der Waals surface area contributed by atoms with E-state index in [0.717, 1.165) is 11.3 Å². The second kappa shape index (κ2) is 3.57. The average Bonchev–Trinajstić information content (AvgIpc) is 2.18. The number of aliphatic hydroxyl groups is 1. The zero-order valence-corrected chi connectivity index (χ0v) is 8.10. The van der Waals surface area contributed by atoms with Crippen LogP contribution in [0, 0.1) is 6.92 Å². The molecule has 1 aliphatic rings. The second-order valence-electron chi connectivity index (χ2n) is 3.17. The highest BCUT2D eigenvalue weighted by Crippen LogP contribution is 2.19. The Bertz CT molecular complexity index is 474. The number of carbonyl (C=O) groups is 1. The number of rotatable bonds is 2. The van der Waals surface area contributed by atoms with Crippen molar-refractivity contribution in [2.45, 2.75) is 6.92 Å². The van der Waals surface area contributed by atoms with E-state index < -0.39 is 5.97 Å². The van der Waals surface area contributed by atoms with Crippen molar-refractivity contribution in [3.8, 4) is 0 Å². The molecule has 0 fully saturated rings. The Hall–Kier alpha value is -2.10. The predicted molar refractivity (Wildman–Crippen MR) is 53.8 cm³/mol. The van der Waals surface area contributed by atoms with Gasteiger partial charge in [0.15, 0.2) is 0 Å². The summed E-state index contributed by atoms with van der Waals surface area (Å²) in [5.41, 5.74) is 2.01. The van der Waals surface area contributed by atoms with Crippen LogP contribution in [0.3, 0.4) is 0 Å². The number of cyclic esters (lactones) is 1. The number of aryl methyl sites for hydroxylation is 1. The fourth-order valence-corrected chi connectivity index (χ4v) is 1.23. The topological polar surface area (TPSA) is 59.4 Å². The minimum absolute atomic E-state index is 0.199. The molecular formula is C11H9NO3. The van der Waals surface area contributed by atoms with Gasteiger partial charge in [-0.15, -0.1) is 0 Å². The molecule has 4 heteroatoms. The van der Waals surface area contributed by atoms with Crippen LogP contribution in [0.1, 0.15) is 11.3 Å². The molecule has 0 bridgehead atoms. The van der Waals surface area contributed by atoms with Crippen molar-refractivity contribution in [3.63, 3.8) is 0 Å². The maximum Gasteiger partial charge on any atom is 0.353 e. The van der Waals surface area contributed by atoms with Gasteiger partial charge < -0.3 is 9.84 Å². The molecule has 0 amide bonds. The normalized spacial score (nSPS) is 15.4. The summed E-state index contributed by atoms with van der Waals surface area (Å²) in [4.78, 5) is 14.9. The Balaban J connectivity index is 2.19. The summed E-state index contributed by atoms with van der Waals surface area (Å²) < 4.78 is 4.30. The highest BCUT2D eigenvalue weighted by Gasteiger charge is 2.27. The van der Waals surface area contributed by atoms with Crippen molar-refractivity contribution >= 4 is 12.0 Å². The van der Waals surface area contributed by atoms with Gasteiger partial charge in [0.05, 0.1) is 0 Å². The monoisotopic (exact) mass is 203 g/mol. The molecule has 1 N–H and O–H groups in total. The first-order valence-corrected chi connectivity index (χ1v) is 4.43. The molecule has 15 heavy (non-hydrogen) atoms. The molecule has 1 aromatic heterocycles. The van der Waals surface area contributed by atoms with E-state index in [9.17, 15) is 4.79 Å². The predicted octanol–water partition coefficient (Wildman–Crippen LogP) is 1.73. The van der Waals surface area contributed by atoms with E-state index in [1.165, 1.54) is 6.08 Å². The molecule has 1 aromatic rings. The second-order valence-corrected chi connectivity index (χ2v) is 3.17. The van der Waals surface area contributed by atoms with Gasteiger partial charge in [0.2, 0.25) is 0 Å². The van der Waals surface area contributed by atoms with Crippen LogP contribution in [0.25, 0.3) is 6.08 Å². The molecule has 0 saturated heterocycles. The number of aliphatic hydroxyl groups excluding tert-OH is 1. The number of nitrogens with zero attached hydrogens (tertiary/aromatic N) is 1. The Morgan fingerprint density at radius 1 is 1.47 bits per heavy atom. The van der Waals surface area contributed by atoms with Crippen molar-refractivity contribution in [1.82, 2.24) is 4.98 Å². The number of pyridine rings is 1. The third-order valence-corrected chi connectivity index (χ3v) is 2.00. The zero-order valence-electron chi connectivity index (χ0n) is 8.10. The van der Waals surface area contributed by atoms with Gasteiger partial charge in [-0.05, 0) is 30.7 Å². The number of hydrogen-bond donors (Lipinski definition) is 1. The largest absolute Gasteiger partial charge is 0.480 e. The van der Waals surface area contributed by atoms with Gasteiger partial charge >= 0.3 is 5.97 Å². The highest BCUT2D eigenvalue weighted by atomic mass is 16.6. The van der Waals surface area contributed by atoms with Gasteiger partial charge in [0.1, 0.15) is 5.57 Å². The van der Waals surface area contributed by atoms with Crippen molar-refractivity contribution in [3.05, 3.63) is 47.2 Å². The Morgan fingerprint density at radius 3 is 2.87 bits per heavy atom. The quantitative estimate of drug-likeness (QED) is 0.743. The van der Waals surface area contributed by atoms with Crippen LogP contribution in [0.4, 0.5) is 0 Å². The van der Waals surface area contributed by atoms with Gasteiger partial charge in [0, 0.05) is 11.9 Å². The molecule has 0 spiro atoms. The summed E-state index contributed by atoms with van der Waals surface area (Å²) in [6.07, 6.45) is 4.93. The zero-order chi connectivity index (χ0) is 10.8. The molecule has 1 aliphatic heterocycles. The highest BCUT2D eigenvalue weighted by molar-refractivity contribution is 5.98. The lowest BCUT2D eigenvalue weighted by Gasteiger charge is -2.13. The maximum absolute atomic E-state index is 10.8. The summed E-state index contributed by atoms with van der Waals surface area (Å²) in [5.74, 6) is -0.823. The molecular weight excluding hydrogens is 194 g/mol. The molecule has 0 aromatic carbocycles. The molecule has 76 valence electrons. The number of aromatic nitrogens is 1. The SMILES string of the molecule is Cc1cc(/C=C/C2=C(O)OC2=O)ccn1. The van der Waals surface area contributed by atoms with Crippen molar-refractivity contribution in [2.75, 3.05) is 0 Å². The van der Waals surface area contributed by atoms with Gasteiger partial charge in [-0.25, -0.2) is 4.79 Å². The van der Waals surface area contributed by atoms with Gasteiger partial charge in [-0.2, -0.15) is 0 Å². The molecule has 0 aliphatic carbocycles. The molecule has 0 radical (unpaired) electrons. The molecule has 0 atom stereocenters. The number of hydrogen-bond acceptors (Lipinski definition) is 4. The third kappa shape index (κ3) is 1.88. The van der Waals surface area contributed by atoms with Crippen molar-refractivity contribution in [1.29, 1.82) is 0 Å². The number of esters is 1. The van der Waals surface area contributed by atoms with Crippen molar-refractivity contribution in [2.24, 2.45) is 0 Å². The summed E-state index contributed by atoms with van der Waals surface area (Å²) in [7, 11) is 0. The van der Waals surface area contributed by atoms with E-state index in [1.807, 2.05) is 19.1 Å². The van der Waals surface area contributed by atoms with E-state index >= 15 is 0 Å². The van der Waals surface area contributed by atoms with E-state index in [2.05, 4.69) is 9.72 Å². The fourth-order valence-electron chi connectivity index (χ4n) is 1.23. The Kier molecular flexibility index (Phi) is 2.25. The van der Waals surface area contributed by atoms with Crippen LogP contribution in [-0.2, 0) is 9.53 Å². The molecule has 2 heterocycles. The van der Waals surface area contributed by atoms with E-state index in [-0.39, 0.29) is 11.5 Å². The van der Waals surface area contributed by atoms with Gasteiger partial charge in [-0.1, -0.05) is 6.08 Å². The number of carbonyl (C=O) groups excluding carboxylic acids is 1. The Labute approximate surface area is 86.5 Å². The third-order valence-electron chi connectivity index (χ3n) is 2.00. The van der Waals surface area contributed by atoms with E-state index in [1.54, 1.807) is 12.3 Å². The van der Waals surface area contributed by atoms with E-state index in [4.69, 9.17) is 5.11 Å². The molecule has 4 nitrogen and oxygen atoms in total. The van der Waals surface area contributed by atoms with Crippen LogP contribution in [0.2, 0.25) is 0 Å². The summed E-state index contributed by atoms with van der Waals surface area (Å²) in [6, 6.07) is 3.68. The Morgan fingerprint density at radius 2 is 2.27 bits per heavy atom. The summed E-state index contributed by atoms with van der Waals surface area (Å²) in [5, 5.41) is 8.98. The fraction of sp³-hybridized carbons (Fsp3) is 0.0909. The first kappa shape index (κ1) is 9.45. The standard InChI is InChI=1S/C11H9NO3/c1-7-6-8(4-5-12-7)2-3-9-10(13)15-11(9)14/h2-6,13H,1H3/b3-2+. The minimum Gasteiger partial charge on any atom is -0.480 e. The van der Waals surface area contributed by atoms with Crippen LogP contribution in [0.5, 0.6) is 0 Å². The van der Waals surface area contributed by atoms with E-state index in [0.29, 0.717) is 0 Å². The summed E-state index contributed by atoms with van der Waals surface area (Å²) in [6.45, 7) is 1.88. The molecule has 2 rings (SSSR count). The van der Waals surface area contributed by atoms with Crippen LogP contribution in [0.15, 0.2) is 35.9 Å². The van der Waals surface area contributed by atoms with Gasteiger partial charge in [-0.3, -0.25) is 4.98 Å². The number of ether oxygens (including phenoxy) is 1. The lowest BCUT2D eigenvalue weighted by Crippen LogP contribution is -2.19. The lowest BCUT2D eigenvalue weighted by molar-refractivity contribution is -0.146. The molecule has 0 unspecified atom stereocenters. The first-order valence-electron chi connectivity index (χ1n) is 4.43. The maximum atomic E-state index is 10.8. The smallest absolute Gasteiger partial charge is 0.353 e. The first-order chi connectivity index (χ1) is 7.16. The van der Waals surface area contributed by atoms with Gasteiger partial charge in [0.25, 0.3) is 5.95 Å². The van der Waals surface area contributed by atoms with Crippen LogP contribution < -0.4 is 0 Å². The summed E-state index contributed by atoms with van der Waals surface area (Å²) >= 11 is 0. The van der Waals surface area contributed by atoms with Crippen LogP contribution in [-0.4, -0.2) is 16.1 Å². The molecule has 0 saturated carbocycles.